The quantitative estimate of drug-likeness (QED) is 0.653. The summed E-state index contributed by atoms with van der Waals surface area (Å²) in [5.41, 5.74) is 2.63. The maximum Gasteiger partial charge on any atom is 0.315 e. The second-order valence-corrected chi connectivity index (χ2v) is 5.15. The summed E-state index contributed by atoms with van der Waals surface area (Å²) < 4.78 is 4.43. The number of hydrogen-bond donors (Lipinski definition) is 2. The average molecular weight is 326 g/mol. The highest BCUT2D eigenvalue weighted by Crippen LogP contribution is 2.16. The Morgan fingerprint density at radius 3 is 2.08 bits per heavy atom. The smallest absolute Gasteiger partial charge is 0.315 e. The fraction of sp³-hybridized carbons (Fsp3) is 0.167. The third-order valence-electron chi connectivity index (χ3n) is 3.35. The number of benzene rings is 2. The molecule has 0 aliphatic heterocycles. The molecule has 0 fully saturated rings. The van der Waals surface area contributed by atoms with Crippen molar-refractivity contribution in [2.24, 2.45) is 0 Å². The molecular formula is C18H18N2O4. The van der Waals surface area contributed by atoms with Crippen LogP contribution in [0.1, 0.15) is 22.3 Å². The Morgan fingerprint density at radius 2 is 1.50 bits per heavy atom. The summed E-state index contributed by atoms with van der Waals surface area (Å²) >= 11 is 0. The molecule has 0 aliphatic carbocycles. The van der Waals surface area contributed by atoms with Crippen LogP contribution >= 0.6 is 0 Å². The number of carbonyl (C=O) groups excluding carboxylic acids is 3. The van der Waals surface area contributed by atoms with Crippen molar-refractivity contribution in [3.8, 4) is 0 Å². The second-order valence-electron chi connectivity index (χ2n) is 5.15. The summed E-state index contributed by atoms with van der Waals surface area (Å²) in [6.45, 7) is 1.87. The molecule has 2 aromatic carbocycles. The molecule has 6 heteroatoms. The lowest BCUT2D eigenvalue weighted by molar-refractivity contribution is -0.142. The summed E-state index contributed by atoms with van der Waals surface area (Å²) in [5, 5.41) is 5.37. The molecule has 2 rings (SSSR count). The normalized spacial score (nSPS) is 9.92. The van der Waals surface area contributed by atoms with E-state index in [-0.39, 0.29) is 12.3 Å². The van der Waals surface area contributed by atoms with Crippen molar-refractivity contribution >= 4 is 29.2 Å². The van der Waals surface area contributed by atoms with E-state index in [4.69, 9.17) is 0 Å². The minimum absolute atomic E-state index is 0.199. The van der Waals surface area contributed by atoms with Gasteiger partial charge >= 0.3 is 5.97 Å². The van der Waals surface area contributed by atoms with E-state index in [0.717, 1.165) is 5.56 Å². The standard InChI is InChI=1S/C18H18N2O4/c1-12-5-3-4-6-15(12)18(23)20-14-9-7-13(8-10-14)19-16(21)11-17(22)24-2/h3-10H,11H2,1-2H3,(H,19,21)(H,20,23). The van der Waals surface area contributed by atoms with Gasteiger partial charge in [0, 0.05) is 16.9 Å². The van der Waals surface area contributed by atoms with E-state index in [1.165, 1.54) is 7.11 Å². The molecule has 24 heavy (non-hydrogen) atoms. The molecule has 2 amide bonds. The summed E-state index contributed by atoms with van der Waals surface area (Å²) in [6, 6.07) is 13.9. The zero-order valence-electron chi connectivity index (χ0n) is 13.5. The number of hydrogen-bond acceptors (Lipinski definition) is 4. The molecule has 0 heterocycles. The third-order valence-corrected chi connectivity index (χ3v) is 3.35. The zero-order chi connectivity index (χ0) is 17.5. The fourth-order valence-corrected chi connectivity index (χ4v) is 2.07. The molecule has 6 nitrogen and oxygen atoms in total. The minimum Gasteiger partial charge on any atom is -0.469 e. The molecule has 0 saturated heterocycles. The molecule has 2 N–H and O–H groups in total. The predicted octanol–water partition coefficient (Wildman–Crippen LogP) is 2.75. The van der Waals surface area contributed by atoms with Gasteiger partial charge in [-0.25, -0.2) is 0 Å². The van der Waals surface area contributed by atoms with Crippen molar-refractivity contribution in [3.63, 3.8) is 0 Å². The van der Waals surface area contributed by atoms with Gasteiger partial charge in [0.15, 0.2) is 0 Å². The molecule has 0 aliphatic rings. The SMILES string of the molecule is COC(=O)CC(=O)Nc1ccc(NC(=O)c2ccccc2C)cc1. The van der Waals surface area contributed by atoms with Crippen molar-refractivity contribution in [2.75, 3.05) is 17.7 Å². The van der Waals surface area contributed by atoms with Crippen LogP contribution in [0.4, 0.5) is 11.4 Å². The van der Waals surface area contributed by atoms with Gasteiger partial charge in [0.2, 0.25) is 5.91 Å². The molecule has 0 atom stereocenters. The highest BCUT2D eigenvalue weighted by molar-refractivity contribution is 6.05. The highest BCUT2D eigenvalue weighted by atomic mass is 16.5. The first-order valence-corrected chi connectivity index (χ1v) is 7.33. The lowest BCUT2D eigenvalue weighted by atomic mass is 10.1. The second kappa shape index (κ2) is 7.92. The summed E-state index contributed by atoms with van der Waals surface area (Å²) in [4.78, 5) is 34.8. The van der Waals surface area contributed by atoms with Crippen LogP contribution in [0.3, 0.4) is 0 Å². The Labute approximate surface area is 139 Å². The van der Waals surface area contributed by atoms with Crippen molar-refractivity contribution < 1.29 is 19.1 Å². The third kappa shape index (κ3) is 4.67. The van der Waals surface area contributed by atoms with Crippen molar-refractivity contribution in [1.82, 2.24) is 0 Å². The first-order valence-electron chi connectivity index (χ1n) is 7.33. The Bertz CT molecular complexity index is 754. The molecule has 0 saturated carbocycles. The van der Waals surface area contributed by atoms with Gasteiger partial charge < -0.3 is 15.4 Å². The van der Waals surface area contributed by atoms with E-state index in [9.17, 15) is 14.4 Å². The molecule has 0 aromatic heterocycles. The number of amides is 2. The number of ether oxygens (including phenoxy) is 1. The van der Waals surface area contributed by atoms with Gasteiger partial charge in [0.05, 0.1) is 7.11 Å². The number of anilines is 2. The summed E-state index contributed by atoms with van der Waals surface area (Å²) in [6.07, 6.45) is -0.345. The van der Waals surface area contributed by atoms with Gasteiger partial charge in [0.25, 0.3) is 5.91 Å². The average Bonchev–Trinajstić information content (AvgIpc) is 2.56. The van der Waals surface area contributed by atoms with Crippen LogP contribution in [0.5, 0.6) is 0 Å². The number of nitrogens with one attached hydrogen (secondary N) is 2. The topological polar surface area (TPSA) is 84.5 Å². The Morgan fingerprint density at radius 1 is 0.917 bits per heavy atom. The zero-order valence-corrected chi connectivity index (χ0v) is 13.5. The van der Waals surface area contributed by atoms with Crippen molar-refractivity contribution in [2.45, 2.75) is 13.3 Å². The lowest BCUT2D eigenvalue weighted by Gasteiger charge is -2.09. The van der Waals surface area contributed by atoms with Crippen LogP contribution in [0, 0.1) is 6.92 Å². The van der Waals surface area contributed by atoms with Crippen LogP contribution in [0.2, 0.25) is 0 Å². The number of rotatable bonds is 5. The van der Waals surface area contributed by atoms with E-state index >= 15 is 0 Å². The van der Waals surface area contributed by atoms with Crippen molar-refractivity contribution in [1.29, 1.82) is 0 Å². The molecule has 0 spiro atoms. The highest BCUT2D eigenvalue weighted by Gasteiger charge is 2.10. The Balaban J connectivity index is 1.97. The first-order chi connectivity index (χ1) is 11.5. The maximum atomic E-state index is 12.2. The van der Waals surface area contributed by atoms with Gasteiger partial charge in [-0.3, -0.25) is 14.4 Å². The molecule has 0 unspecified atom stereocenters. The van der Waals surface area contributed by atoms with E-state index in [1.807, 2.05) is 25.1 Å². The van der Waals surface area contributed by atoms with Gasteiger partial charge in [-0.05, 0) is 42.8 Å². The predicted molar refractivity (Wildman–Crippen MR) is 90.8 cm³/mol. The van der Waals surface area contributed by atoms with Crippen LogP contribution in [-0.4, -0.2) is 24.9 Å². The maximum absolute atomic E-state index is 12.2. The number of methoxy groups -OCH3 is 1. The van der Waals surface area contributed by atoms with Gasteiger partial charge in [-0.2, -0.15) is 0 Å². The molecule has 124 valence electrons. The largest absolute Gasteiger partial charge is 0.469 e. The summed E-state index contributed by atoms with van der Waals surface area (Å²) in [7, 11) is 1.22. The van der Waals surface area contributed by atoms with E-state index in [2.05, 4.69) is 15.4 Å². The Kier molecular flexibility index (Phi) is 5.68. The lowest BCUT2D eigenvalue weighted by Crippen LogP contribution is -2.17. The van der Waals surface area contributed by atoms with Crippen molar-refractivity contribution in [3.05, 3.63) is 59.7 Å². The van der Waals surface area contributed by atoms with Crippen LogP contribution in [-0.2, 0) is 14.3 Å². The van der Waals surface area contributed by atoms with E-state index in [1.54, 1.807) is 30.3 Å². The minimum atomic E-state index is -0.602. The Hall–Kier alpha value is -3.15. The number of aryl methyl sites for hydroxylation is 1. The summed E-state index contributed by atoms with van der Waals surface area (Å²) in [5.74, 6) is -1.26. The van der Waals surface area contributed by atoms with Gasteiger partial charge in [-0.1, -0.05) is 18.2 Å². The van der Waals surface area contributed by atoms with Gasteiger partial charge in [0.1, 0.15) is 6.42 Å². The molecule has 0 radical (unpaired) electrons. The molecule has 2 aromatic rings. The molecule has 0 bridgehead atoms. The van der Waals surface area contributed by atoms with Gasteiger partial charge in [-0.15, -0.1) is 0 Å². The fourth-order valence-electron chi connectivity index (χ4n) is 2.07. The number of carbonyl (C=O) groups is 3. The monoisotopic (exact) mass is 326 g/mol. The molecular weight excluding hydrogens is 308 g/mol. The first kappa shape index (κ1) is 17.2. The van der Waals surface area contributed by atoms with E-state index in [0.29, 0.717) is 16.9 Å². The van der Waals surface area contributed by atoms with Crippen LogP contribution < -0.4 is 10.6 Å². The van der Waals surface area contributed by atoms with Crippen LogP contribution in [0.15, 0.2) is 48.5 Å². The number of esters is 1. The van der Waals surface area contributed by atoms with Crippen LogP contribution in [0.25, 0.3) is 0 Å². The van der Waals surface area contributed by atoms with E-state index < -0.39 is 11.9 Å².